The second-order valence-corrected chi connectivity index (χ2v) is 3.73. The zero-order valence-electron chi connectivity index (χ0n) is 10.8. The molecule has 1 aromatic carbocycles. The molecule has 0 aliphatic heterocycles. The number of carbonyl (C=O) groups excluding carboxylic acids is 2. The Hall–Kier alpha value is -2.24. The summed E-state index contributed by atoms with van der Waals surface area (Å²) in [5.74, 6) is -0.0267. The zero-order chi connectivity index (χ0) is 13.7. The van der Waals surface area contributed by atoms with Gasteiger partial charge in [0.15, 0.2) is 0 Å². The Bertz CT molecular complexity index is 457. The first-order valence-corrected chi connectivity index (χ1v) is 5.24. The van der Waals surface area contributed by atoms with Gasteiger partial charge in [0.05, 0.1) is 25.5 Å². The van der Waals surface area contributed by atoms with Gasteiger partial charge in [0, 0.05) is 14.1 Å². The number of anilines is 1. The van der Waals surface area contributed by atoms with Crippen LogP contribution in [0.3, 0.4) is 0 Å². The van der Waals surface area contributed by atoms with Crippen LogP contribution in [0.1, 0.15) is 10.4 Å². The molecular formula is C12H16N2O4. The molecule has 0 aromatic heterocycles. The Kier molecular flexibility index (Phi) is 4.53. The third-order valence-electron chi connectivity index (χ3n) is 2.28. The number of amides is 2. The summed E-state index contributed by atoms with van der Waals surface area (Å²) in [6.07, 6.45) is 0. The normalized spacial score (nSPS) is 9.56. The number of methoxy groups -OCH3 is 2. The van der Waals surface area contributed by atoms with Crippen LogP contribution in [0.25, 0.3) is 0 Å². The van der Waals surface area contributed by atoms with Crippen LogP contribution < -0.4 is 10.1 Å². The molecule has 6 heteroatoms. The quantitative estimate of drug-likeness (QED) is 0.829. The van der Waals surface area contributed by atoms with Crippen molar-refractivity contribution in [1.82, 2.24) is 4.90 Å². The first-order valence-electron chi connectivity index (χ1n) is 5.24. The van der Waals surface area contributed by atoms with Crippen molar-refractivity contribution in [3.8, 4) is 5.75 Å². The van der Waals surface area contributed by atoms with Gasteiger partial charge in [-0.1, -0.05) is 0 Å². The van der Waals surface area contributed by atoms with Gasteiger partial charge in [-0.2, -0.15) is 0 Å². The van der Waals surface area contributed by atoms with Crippen LogP contribution in [-0.2, 0) is 4.74 Å². The van der Waals surface area contributed by atoms with Crippen molar-refractivity contribution in [2.75, 3.05) is 33.6 Å². The lowest BCUT2D eigenvalue weighted by atomic mass is 10.1. The molecule has 0 radical (unpaired) electrons. The number of benzene rings is 1. The fourth-order valence-electron chi connectivity index (χ4n) is 1.27. The molecule has 0 aliphatic carbocycles. The predicted molar refractivity (Wildman–Crippen MR) is 67.0 cm³/mol. The Morgan fingerprint density at radius 1 is 1.22 bits per heavy atom. The molecule has 0 unspecified atom stereocenters. The van der Waals surface area contributed by atoms with Crippen molar-refractivity contribution in [3.63, 3.8) is 0 Å². The number of hydrogen-bond acceptors (Lipinski definition) is 4. The van der Waals surface area contributed by atoms with E-state index in [0.29, 0.717) is 11.4 Å². The molecule has 1 aromatic rings. The molecule has 0 atom stereocenters. The summed E-state index contributed by atoms with van der Waals surface area (Å²) in [4.78, 5) is 24.5. The van der Waals surface area contributed by atoms with Crippen LogP contribution in [0, 0.1) is 0 Å². The van der Waals surface area contributed by atoms with Crippen molar-refractivity contribution >= 4 is 17.7 Å². The summed E-state index contributed by atoms with van der Waals surface area (Å²) in [5, 5.41) is 2.61. The number of nitrogens with one attached hydrogen (secondary N) is 1. The molecule has 98 valence electrons. The van der Waals surface area contributed by atoms with Gasteiger partial charge in [0.1, 0.15) is 5.75 Å². The van der Waals surface area contributed by atoms with Gasteiger partial charge in [0.2, 0.25) is 0 Å². The van der Waals surface area contributed by atoms with Crippen molar-refractivity contribution in [3.05, 3.63) is 23.8 Å². The SMILES string of the molecule is COC(=O)c1cc(OC)ccc1NC(=O)N(C)C. The van der Waals surface area contributed by atoms with E-state index in [2.05, 4.69) is 10.1 Å². The molecule has 0 saturated carbocycles. The van der Waals surface area contributed by atoms with Crippen molar-refractivity contribution in [2.24, 2.45) is 0 Å². The van der Waals surface area contributed by atoms with E-state index in [0.717, 1.165) is 0 Å². The lowest BCUT2D eigenvalue weighted by Gasteiger charge is -2.14. The molecule has 0 bridgehead atoms. The van der Waals surface area contributed by atoms with Gasteiger partial charge in [-0.3, -0.25) is 0 Å². The van der Waals surface area contributed by atoms with Crippen LogP contribution in [0.4, 0.5) is 10.5 Å². The third-order valence-corrected chi connectivity index (χ3v) is 2.28. The van der Waals surface area contributed by atoms with Gasteiger partial charge < -0.3 is 19.7 Å². The van der Waals surface area contributed by atoms with Gasteiger partial charge >= 0.3 is 12.0 Å². The number of urea groups is 1. The average molecular weight is 252 g/mol. The van der Waals surface area contributed by atoms with Crippen molar-refractivity contribution < 1.29 is 19.1 Å². The largest absolute Gasteiger partial charge is 0.497 e. The lowest BCUT2D eigenvalue weighted by molar-refractivity contribution is 0.0601. The molecule has 6 nitrogen and oxygen atoms in total. The zero-order valence-corrected chi connectivity index (χ0v) is 10.8. The van der Waals surface area contributed by atoms with Gasteiger partial charge in [0.25, 0.3) is 0 Å². The second-order valence-electron chi connectivity index (χ2n) is 3.73. The lowest BCUT2D eigenvalue weighted by Crippen LogP contribution is -2.28. The van der Waals surface area contributed by atoms with Crippen LogP contribution in [0.2, 0.25) is 0 Å². The van der Waals surface area contributed by atoms with E-state index in [1.807, 2.05) is 0 Å². The van der Waals surface area contributed by atoms with Crippen LogP contribution >= 0.6 is 0 Å². The fraction of sp³-hybridized carbons (Fsp3) is 0.333. The van der Waals surface area contributed by atoms with Gasteiger partial charge in [-0.05, 0) is 18.2 Å². The maximum absolute atomic E-state index is 11.6. The highest BCUT2D eigenvalue weighted by Gasteiger charge is 2.15. The monoisotopic (exact) mass is 252 g/mol. The first-order chi connectivity index (χ1) is 8.49. The molecule has 0 aliphatic rings. The summed E-state index contributed by atoms with van der Waals surface area (Å²) in [6.45, 7) is 0. The predicted octanol–water partition coefficient (Wildman–Crippen LogP) is 1.58. The van der Waals surface area contributed by atoms with E-state index in [-0.39, 0.29) is 11.6 Å². The van der Waals surface area contributed by atoms with E-state index in [1.165, 1.54) is 25.2 Å². The molecule has 1 rings (SSSR count). The molecule has 0 heterocycles. The Labute approximate surface area is 105 Å². The molecule has 0 saturated heterocycles. The van der Waals surface area contributed by atoms with Gasteiger partial charge in [-0.15, -0.1) is 0 Å². The minimum Gasteiger partial charge on any atom is -0.497 e. The number of ether oxygens (including phenoxy) is 2. The smallest absolute Gasteiger partial charge is 0.340 e. The summed E-state index contributed by atoms with van der Waals surface area (Å²) in [5.41, 5.74) is 0.619. The number of carbonyl (C=O) groups is 2. The Morgan fingerprint density at radius 2 is 1.89 bits per heavy atom. The summed E-state index contributed by atoms with van der Waals surface area (Å²) in [6, 6.07) is 4.42. The summed E-state index contributed by atoms with van der Waals surface area (Å²) in [7, 11) is 5.99. The average Bonchev–Trinajstić information content (AvgIpc) is 2.38. The Morgan fingerprint density at radius 3 is 2.39 bits per heavy atom. The van der Waals surface area contributed by atoms with E-state index in [9.17, 15) is 9.59 Å². The van der Waals surface area contributed by atoms with Crippen LogP contribution in [0.15, 0.2) is 18.2 Å². The number of rotatable bonds is 3. The van der Waals surface area contributed by atoms with E-state index in [4.69, 9.17) is 4.74 Å². The third kappa shape index (κ3) is 3.13. The van der Waals surface area contributed by atoms with E-state index < -0.39 is 5.97 Å². The van der Waals surface area contributed by atoms with E-state index >= 15 is 0 Å². The fourth-order valence-corrected chi connectivity index (χ4v) is 1.27. The number of nitrogens with zero attached hydrogens (tertiary/aromatic N) is 1. The standard InChI is InChI=1S/C12H16N2O4/c1-14(2)12(16)13-10-6-5-8(17-3)7-9(10)11(15)18-4/h5-7H,1-4H3,(H,13,16). The highest BCUT2D eigenvalue weighted by molar-refractivity contribution is 6.01. The van der Waals surface area contributed by atoms with Crippen molar-refractivity contribution in [2.45, 2.75) is 0 Å². The number of esters is 1. The second kappa shape index (κ2) is 5.90. The molecule has 18 heavy (non-hydrogen) atoms. The first kappa shape index (κ1) is 13.8. The highest BCUT2D eigenvalue weighted by atomic mass is 16.5. The molecular weight excluding hydrogens is 236 g/mol. The van der Waals surface area contributed by atoms with Crippen LogP contribution in [0.5, 0.6) is 5.75 Å². The Balaban J connectivity index is 3.10. The maximum atomic E-state index is 11.6. The van der Waals surface area contributed by atoms with Gasteiger partial charge in [-0.25, -0.2) is 9.59 Å². The summed E-state index contributed by atoms with van der Waals surface area (Å²) < 4.78 is 9.69. The van der Waals surface area contributed by atoms with Crippen molar-refractivity contribution in [1.29, 1.82) is 0 Å². The minimum atomic E-state index is -0.539. The molecule has 2 amide bonds. The van der Waals surface area contributed by atoms with Crippen LogP contribution in [-0.4, -0.2) is 45.2 Å². The maximum Gasteiger partial charge on any atom is 0.340 e. The molecule has 0 fully saturated rings. The topological polar surface area (TPSA) is 67.9 Å². The number of hydrogen-bond donors (Lipinski definition) is 1. The molecule has 1 N–H and O–H groups in total. The summed E-state index contributed by atoms with van der Waals surface area (Å²) >= 11 is 0. The van der Waals surface area contributed by atoms with E-state index in [1.54, 1.807) is 26.2 Å². The molecule has 0 spiro atoms. The highest BCUT2D eigenvalue weighted by Crippen LogP contribution is 2.23. The minimum absolute atomic E-state index is 0.243.